The van der Waals surface area contributed by atoms with E-state index < -0.39 is 0 Å². The number of ether oxygens (including phenoxy) is 1. The lowest BCUT2D eigenvalue weighted by Gasteiger charge is -2.14. The first-order valence-electron chi connectivity index (χ1n) is 5.97. The molecule has 0 aliphatic carbocycles. The van der Waals surface area contributed by atoms with Gasteiger partial charge < -0.3 is 10.5 Å². The maximum absolute atomic E-state index is 5.94. The van der Waals surface area contributed by atoms with Crippen molar-refractivity contribution in [2.24, 2.45) is 11.7 Å². The van der Waals surface area contributed by atoms with Crippen LogP contribution in [0.2, 0.25) is 0 Å². The Bertz CT molecular complexity index is 309. The van der Waals surface area contributed by atoms with Crippen LogP contribution < -0.4 is 5.73 Å². The van der Waals surface area contributed by atoms with Gasteiger partial charge in [-0.2, -0.15) is 0 Å². The van der Waals surface area contributed by atoms with Crippen LogP contribution in [0.1, 0.15) is 31.4 Å². The van der Waals surface area contributed by atoms with Gasteiger partial charge in [0.05, 0.1) is 13.2 Å². The molecule has 0 saturated carbocycles. The highest BCUT2D eigenvalue weighted by molar-refractivity contribution is 5.21. The molecule has 0 spiro atoms. The van der Waals surface area contributed by atoms with Gasteiger partial charge in [0.25, 0.3) is 0 Å². The highest BCUT2D eigenvalue weighted by atomic mass is 16.5. The minimum Gasteiger partial charge on any atom is -0.375 e. The monoisotopic (exact) mass is 221 g/mol. The molecule has 0 heterocycles. The summed E-state index contributed by atoms with van der Waals surface area (Å²) in [6, 6.07) is 8.54. The third-order valence-corrected chi connectivity index (χ3v) is 2.46. The van der Waals surface area contributed by atoms with Crippen LogP contribution in [0.3, 0.4) is 0 Å². The summed E-state index contributed by atoms with van der Waals surface area (Å²) in [5.41, 5.74) is 8.43. The van der Waals surface area contributed by atoms with Crippen molar-refractivity contribution >= 4 is 0 Å². The zero-order valence-electron chi connectivity index (χ0n) is 10.6. The smallest absolute Gasteiger partial charge is 0.0717 e. The zero-order valence-corrected chi connectivity index (χ0v) is 10.6. The van der Waals surface area contributed by atoms with Crippen molar-refractivity contribution in [1.82, 2.24) is 0 Å². The molecule has 2 N–H and O–H groups in total. The van der Waals surface area contributed by atoms with Crippen LogP contribution in [-0.2, 0) is 11.3 Å². The van der Waals surface area contributed by atoms with Gasteiger partial charge in [-0.05, 0) is 24.8 Å². The van der Waals surface area contributed by atoms with Crippen molar-refractivity contribution in [3.8, 4) is 0 Å². The van der Waals surface area contributed by atoms with E-state index in [9.17, 15) is 0 Å². The minimum atomic E-state index is 0.157. The Balaban J connectivity index is 2.25. The van der Waals surface area contributed by atoms with Gasteiger partial charge >= 0.3 is 0 Å². The van der Waals surface area contributed by atoms with Crippen LogP contribution in [0.5, 0.6) is 0 Å². The molecule has 1 aromatic rings. The van der Waals surface area contributed by atoms with Crippen molar-refractivity contribution in [3.63, 3.8) is 0 Å². The molecule has 1 atom stereocenters. The largest absolute Gasteiger partial charge is 0.375 e. The lowest BCUT2D eigenvalue weighted by Crippen LogP contribution is -2.27. The second-order valence-corrected chi connectivity index (χ2v) is 4.89. The van der Waals surface area contributed by atoms with E-state index in [1.54, 1.807) is 0 Å². The number of benzene rings is 1. The number of rotatable bonds is 6. The molecular weight excluding hydrogens is 198 g/mol. The summed E-state index contributed by atoms with van der Waals surface area (Å²) in [6.07, 6.45) is 1.02. The van der Waals surface area contributed by atoms with Crippen LogP contribution in [0.15, 0.2) is 24.3 Å². The maximum Gasteiger partial charge on any atom is 0.0717 e. The maximum atomic E-state index is 5.94. The van der Waals surface area contributed by atoms with Crippen molar-refractivity contribution < 1.29 is 4.74 Å². The third kappa shape index (κ3) is 5.29. The molecule has 0 aliphatic rings. The molecule has 90 valence electrons. The molecule has 0 fully saturated rings. The van der Waals surface area contributed by atoms with Crippen LogP contribution >= 0.6 is 0 Å². The van der Waals surface area contributed by atoms with E-state index in [-0.39, 0.29) is 6.04 Å². The van der Waals surface area contributed by atoms with Crippen molar-refractivity contribution in [3.05, 3.63) is 35.4 Å². The van der Waals surface area contributed by atoms with E-state index in [1.807, 2.05) is 0 Å². The summed E-state index contributed by atoms with van der Waals surface area (Å²) in [6.45, 7) is 7.76. The summed E-state index contributed by atoms with van der Waals surface area (Å²) in [4.78, 5) is 0. The molecule has 16 heavy (non-hydrogen) atoms. The molecule has 2 heteroatoms. The lowest BCUT2D eigenvalue weighted by atomic mass is 10.1. The Kier molecular flexibility index (Phi) is 5.50. The Labute approximate surface area is 98.8 Å². The van der Waals surface area contributed by atoms with Crippen molar-refractivity contribution in [2.45, 2.75) is 39.8 Å². The van der Waals surface area contributed by atoms with Crippen LogP contribution in [0, 0.1) is 12.8 Å². The second-order valence-electron chi connectivity index (χ2n) is 4.89. The molecule has 0 amide bonds. The number of nitrogens with two attached hydrogens (primary N) is 1. The van der Waals surface area contributed by atoms with E-state index in [2.05, 4.69) is 45.0 Å². The highest BCUT2D eigenvalue weighted by Gasteiger charge is 2.05. The molecule has 2 nitrogen and oxygen atoms in total. The first-order valence-corrected chi connectivity index (χ1v) is 5.97. The van der Waals surface area contributed by atoms with E-state index in [1.165, 1.54) is 11.1 Å². The van der Waals surface area contributed by atoms with Gasteiger partial charge in [0.2, 0.25) is 0 Å². The topological polar surface area (TPSA) is 35.2 Å². The fourth-order valence-electron chi connectivity index (χ4n) is 1.80. The van der Waals surface area contributed by atoms with Gasteiger partial charge in [0.1, 0.15) is 0 Å². The Morgan fingerprint density at radius 1 is 1.31 bits per heavy atom. The van der Waals surface area contributed by atoms with E-state index in [0.717, 1.165) is 6.42 Å². The Morgan fingerprint density at radius 3 is 2.69 bits per heavy atom. The Morgan fingerprint density at radius 2 is 2.06 bits per heavy atom. The quantitative estimate of drug-likeness (QED) is 0.801. The predicted molar refractivity (Wildman–Crippen MR) is 68.3 cm³/mol. The first-order chi connectivity index (χ1) is 7.58. The fourth-order valence-corrected chi connectivity index (χ4v) is 1.80. The molecule has 1 aromatic carbocycles. The molecule has 1 rings (SSSR count). The summed E-state index contributed by atoms with van der Waals surface area (Å²) in [7, 11) is 0. The molecular formula is C14H23NO. The molecule has 0 aliphatic heterocycles. The van der Waals surface area contributed by atoms with Gasteiger partial charge in [-0.25, -0.2) is 0 Å². The Hall–Kier alpha value is -0.860. The van der Waals surface area contributed by atoms with Gasteiger partial charge in [-0.15, -0.1) is 0 Å². The minimum absolute atomic E-state index is 0.157. The van der Waals surface area contributed by atoms with Gasteiger partial charge in [0.15, 0.2) is 0 Å². The van der Waals surface area contributed by atoms with Gasteiger partial charge in [-0.3, -0.25) is 0 Å². The third-order valence-electron chi connectivity index (χ3n) is 2.46. The molecule has 0 unspecified atom stereocenters. The average Bonchev–Trinajstić information content (AvgIpc) is 2.16. The lowest BCUT2D eigenvalue weighted by molar-refractivity contribution is 0.103. The summed E-state index contributed by atoms with van der Waals surface area (Å²) < 4.78 is 5.61. The number of aryl methyl sites for hydroxylation is 1. The molecule has 0 radical (unpaired) electrons. The van der Waals surface area contributed by atoms with E-state index in [0.29, 0.717) is 19.1 Å². The molecule has 0 bridgehead atoms. The van der Waals surface area contributed by atoms with Crippen LogP contribution in [0.25, 0.3) is 0 Å². The van der Waals surface area contributed by atoms with Crippen molar-refractivity contribution in [1.29, 1.82) is 0 Å². The van der Waals surface area contributed by atoms with Crippen LogP contribution in [0.4, 0.5) is 0 Å². The van der Waals surface area contributed by atoms with E-state index in [4.69, 9.17) is 10.5 Å². The number of hydrogen-bond acceptors (Lipinski definition) is 2. The predicted octanol–water partition coefficient (Wildman–Crippen LogP) is 2.89. The zero-order chi connectivity index (χ0) is 12.0. The first kappa shape index (κ1) is 13.2. The summed E-state index contributed by atoms with van der Waals surface area (Å²) in [5, 5.41) is 0. The SMILES string of the molecule is Cc1cccc(COC[C@@H](N)CC(C)C)c1. The molecule has 0 aromatic heterocycles. The van der Waals surface area contributed by atoms with Gasteiger partial charge in [0, 0.05) is 6.04 Å². The highest BCUT2D eigenvalue weighted by Crippen LogP contribution is 2.07. The summed E-state index contributed by atoms with van der Waals surface area (Å²) in [5.74, 6) is 0.637. The second kappa shape index (κ2) is 6.66. The standard InChI is InChI=1S/C14H23NO/c1-11(2)7-14(15)10-16-9-13-6-4-5-12(3)8-13/h4-6,8,11,14H,7,9-10,15H2,1-3H3/t14-/m0/s1. The van der Waals surface area contributed by atoms with E-state index >= 15 is 0 Å². The normalized spacial score (nSPS) is 13.1. The number of hydrogen-bond donors (Lipinski definition) is 1. The van der Waals surface area contributed by atoms with Crippen molar-refractivity contribution in [2.75, 3.05) is 6.61 Å². The summed E-state index contributed by atoms with van der Waals surface area (Å²) >= 11 is 0. The van der Waals surface area contributed by atoms with Crippen LogP contribution in [-0.4, -0.2) is 12.6 Å². The average molecular weight is 221 g/mol. The van der Waals surface area contributed by atoms with Gasteiger partial charge in [-0.1, -0.05) is 43.7 Å². The fraction of sp³-hybridized carbons (Fsp3) is 0.571. The molecule has 0 saturated heterocycles.